The molecule has 1 heterocycles. The van der Waals surface area contributed by atoms with Gasteiger partial charge in [-0.1, -0.05) is 24.6 Å². The number of nitrogens with two attached hydrogens (primary N) is 1. The molecular formula is C17H29N3O. The average molecular weight is 291 g/mol. The van der Waals surface area contributed by atoms with Gasteiger partial charge in [-0.3, -0.25) is 4.90 Å². The molecule has 0 bridgehead atoms. The van der Waals surface area contributed by atoms with Crippen LogP contribution in [0, 0.1) is 6.92 Å². The lowest BCUT2D eigenvalue weighted by molar-refractivity contribution is -0.0221. The van der Waals surface area contributed by atoms with Crippen LogP contribution in [0.1, 0.15) is 18.9 Å². The summed E-state index contributed by atoms with van der Waals surface area (Å²) in [6, 6.07) is 8.74. The van der Waals surface area contributed by atoms with Gasteiger partial charge in [0.05, 0.1) is 12.7 Å². The van der Waals surface area contributed by atoms with Gasteiger partial charge in [0.1, 0.15) is 0 Å². The number of anilines is 1. The van der Waals surface area contributed by atoms with E-state index in [0.29, 0.717) is 0 Å². The number of morpholine rings is 1. The number of rotatable bonds is 7. The van der Waals surface area contributed by atoms with Gasteiger partial charge in [0.2, 0.25) is 0 Å². The second-order valence-corrected chi connectivity index (χ2v) is 5.81. The largest absolute Gasteiger partial charge is 0.374 e. The molecule has 2 rings (SSSR count). The number of aryl methyl sites for hydroxylation is 1. The molecule has 21 heavy (non-hydrogen) atoms. The number of ether oxygens (including phenoxy) is 1. The zero-order chi connectivity index (χ0) is 15.1. The van der Waals surface area contributed by atoms with Gasteiger partial charge in [0.15, 0.2) is 0 Å². The fraction of sp³-hybridized carbons (Fsp3) is 0.647. The molecule has 0 spiro atoms. The second-order valence-electron chi connectivity index (χ2n) is 5.81. The lowest BCUT2D eigenvalue weighted by atomic mass is 10.2. The third-order valence-electron chi connectivity index (χ3n) is 4.13. The fourth-order valence-corrected chi connectivity index (χ4v) is 2.79. The normalized spacial score (nSPS) is 19.7. The second kappa shape index (κ2) is 8.37. The van der Waals surface area contributed by atoms with E-state index in [4.69, 9.17) is 10.5 Å². The molecule has 0 aliphatic carbocycles. The summed E-state index contributed by atoms with van der Waals surface area (Å²) >= 11 is 0. The van der Waals surface area contributed by atoms with E-state index in [1.165, 1.54) is 11.3 Å². The molecule has 1 aromatic rings. The third-order valence-corrected chi connectivity index (χ3v) is 4.13. The fourth-order valence-electron chi connectivity index (χ4n) is 2.79. The molecular weight excluding hydrogens is 262 g/mol. The number of hydrogen-bond acceptors (Lipinski definition) is 4. The van der Waals surface area contributed by atoms with Crippen molar-refractivity contribution in [3.8, 4) is 0 Å². The minimum absolute atomic E-state index is 0.290. The predicted octanol–water partition coefficient (Wildman–Crippen LogP) is 1.87. The van der Waals surface area contributed by atoms with E-state index in [0.717, 1.165) is 52.3 Å². The van der Waals surface area contributed by atoms with Crippen LogP contribution in [-0.4, -0.2) is 56.9 Å². The van der Waals surface area contributed by atoms with Gasteiger partial charge < -0.3 is 15.4 Å². The van der Waals surface area contributed by atoms with Gasteiger partial charge in [-0.05, 0) is 38.6 Å². The zero-order valence-electron chi connectivity index (χ0n) is 13.4. The van der Waals surface area contributed by atoms with Crippen molar-refractivity contribution in [3.63, 3.8) is 0 Å². The van der Waals surface area contributed by atoms with E-state index < -0.39 is 0 Å². The highest BCUT2D eigenvalue weighted by Crippen LogP contribution is 2.17. The van der Waals surface area contributed by atoms with Gasteiger partial charge in [0, 0.05) is 31.9 Å². The Morgan fingerprint density at radius 2 is 2.10 bits per heavy atom. The van der Waals surface area contributed by atoms with Crippen molar-refractivity contribution in [1.29, 1.82) is 0 Å². The minimum Gasteiger partial charge on any atom is -0.374 e. The minimum atomic E-state index is 0.290. The van der Waals surface area contributed by atoms with Gasteiger partial charge in [0.25, 0.3) is 0 Å². The molecule has 4 heteroatoms. The third kappa shape index (κ3) is 4.99. The number of likely N-dealkylation sites (N-methyl/N-ethyl adjacent to an activating group) is 1. The van der Waals surface area contributed by atoms with Crippen molar-refractivity contribution < 1.29 is 4.74 Å². The van der Waals surface area contributed by atoms with E-state index >= 15 is 0 Å². The number of benzene rings is 1. The smallest absolute Gasteiger partial charge is 0.0877 e. The molecule has 1 saturated heterocycles. The van der Waals surface area contributed by atoms with E-state index in [2.05, 4.69) is 47.9 Å². The summed E-state index contributed by atoms with van der Waals surface area (Å²) in [6.45, 7) is 11.0. The lowest BCUT2D eigenvalue weighted by Crippen LogP contribution is -2.47. The van der Waals surface area contributed by atoms with Gasteiger partial charge >= 0.3 is 0 Å². The molecule has 4 nitrogen and oxygen atoms in total. The maximum absolute atomic E-state index is 5.95. The van der Waals surface area contributed by atoms with E-state index in [-0.39, 0.29) is 6.10 Å². The summed E-state index contributed by atoms with van der Waals surface area (Å²) < 4.78 is 5.95. The predicted molar refractivity (Wildman–Crippen MR) is 88.9 cm³/mol. The quantitative estimate of drug-likeness (QED) is 0.833. The Balaban J connectivity index is 2.00. The summed E-state index contributed by atoms with van der Waals surface area (Å²) in [5, 5.41) is 0. The average Bonchev–Trinajstić information content (AvgIpc) is 2.52. The first-order valence-corrected chi connectivity index (χ1v) is 8.08. The van der Waals surface area contributed by atoms with Crippen LogP contribution in [0.4, 0.5) is 5.69 Å². The molecule has 0 saturated carbocycles. The SMILES string of the molecule is CCN1CCOC(CN(CCCN)c2ccc(C)cc2)C1. The van der Waals surface area contributed by atoms with Crippen LogP contribution in [0.3, 0.4) is 0 Å². The maximum atomic E-state index is 5.95. The molecule has 1 unspecified atom stereocenters. The van der Waals surface area contributed by atoms with Crippen LogP contribution < -0.4 is 10.6 Å². The highest BCUT2D eigenvalue weighted by atomic mass is 16.5. The molecule has 1 fully saturated rings. The van der Waals surface area contributed by atoms with Crippen molar-refractivity contribution in [1.82, 2.24) is 4.90 Å². The summed E-state index contributed by atoms with van der Waals surface area (Å²) in [4.78, 5) is 4.88. The highest BCUT2D eigenvalue weighted by Gasteiger charge is 2.21. The van der Waals surface area contributed by atoms with Gasteiger partial charge in [-0.25, -0.2) is 0 Å². The van der Waals surface area contributed by atoms with E-state index in [1.807, 2.05) is 0 Å². The Bertz CT molecular complexity index is 407. The molecule has 0 radical (unpaired) electrons. The molecule has 1 atom stereocenters. The van der Waals surface area contributed by atoms with Crippen molar-refractivity contribution in [2.75, 3.05) is 50.8 Å². The van der Waals surface area contributed by atoms with Crippen LogP contribution in [0.2, 0.25) is 0 Å². The van der Waals surface area contributed by atoms with E-state index in [1.54, 1.807) is 0 Å². The molecule has 1 aliphatic rings. The molecule has 0 aromatic heterocycles. The highest BCUT2D eigenvalue weighted by molar-refractivity contribution is 5.47. The Hall–Kier alpha value is -1.10. The number of nitrogens with zero attached hydrogens (tertiary/aromatic N) is 2. The molecule has 1 aliphatic heterocycles. The van der Waals surface area contributed by atoms with Crippen molar-refractivity contribution in [2.45, 2.75) is 26.4 Å². The summed E-state index contributed by atoms with van der Waals surface area (Å²) in [5.74, 6) is 0. The van der Waals surface area contributed by atoms with Crippen LogP contribution in [0.5, 0.6) is 0 Å². The monoisotopic (exact) mass is 291 g/mol. The topological polar surface area (TPSA) is 41.7 Å². The summed E-state index contributed by atoms with van der Waals surface area (Å²) in [6.07, 6.45) is 1.30. The Labute approximate surface area is 128 Å². The van der Waals surface area contributed by atoms with Crippen molar-refractivity contribution >= 4 is 5.69 Å². The standard InChI is InChI=1S/C17H29N3O/c1-3-19-11-12-21-17(13-19)14-20(10-4-9-18)16-7-5-15(2)6-8-16/h5-8,17H,3-4,9-14,18H2,1-2H3. The van der Waals surface area contributed by atoms with Crippen LogP contribution in [-0.2, 0) is 4.74 Å². The van der Waals surface area contributed by atoms with Crippen LogP contribution in [0.15, 0.2) is 24.3 Å². The Kier molecular flexibility index (Phi) is 6.49. The van der Waals surface area contributed by atoms with Crippen LogP contribution >= 0.6 is 0 Å². The molecule has 118 valence electrons. The molecule has 2 N–H and O–H groups in total. The lowest BCUT2D eigenvalue weighted by Gasteiger charge is -2.36. The van der Waals surface area contributed by atoms with Gasteiger partial charge in [-0.15, -0.1) is 0 Å². The Morgan fingerprint density at radius 1 is 1.33 bits per heavy atom. The van der Waals surface area contributed by atoms with Crippen molar-refractivity contribution in [2.24, 2.45) is 5.73 Å². The number of hydrogen-bond donors (Lipinski definition) is 1. The molecule has 1 aromatic carbocycles. The zero-order valence-corrected chi connectivity index (χ0v) is 13.4. The van der Waals surface area contributed by atoms with Crippen molar-refractivity contribution in [3.05, 3.63) is 29.8 Å². The van der Waals surface area contributed by atoms with Crippen LogP contribution in [0.25, 0.3) is 0 Å². The Morgan fingerprint density at radius 3 is 2.76 bits per heavy atom. The first kappa shape index (κ1) is 16.3. The first-order chi connectivity index (χ1) is 10.2. The molecule has 0 amide bonds. The maximum Gasteiger partial charge on any atom is 0.0877 e. The first-order valence-electron chi connectivity index (χ1n) is 8.08. The summed E-state index contributed by atoms with van der Waals surface area (Å²) in [7, 11) is 0. The van der Waals surface area contributed by atoms with E-state index in [9.17, 15) is 0 Å². The summed E-state index contributed by atoms with van der Waals surface area (Å²) in [5.41, 5.74) is 8.25. The van der Waals surface area contributed by atoms with Gasteiger partial charge in [-0.2, -0.15) is 0 Å².